The lowest BCUT2D eigenvalue weighted by Gasteiger charge is -2.20. The summed E-state index contributed by atoms with van der Waals surface area (Å²) in [4.78, 5) is 0. The Bertz CT molecular complexity index is 3860. The lowest BCUT2D eigenvalue weighted by Crippen LogP contribution is -1.93. The van der Waals surface area contributed by atoms with Gasteiger partial charge in [0.05, 0.1) is 0 Å². The van der Waals surface area contributed by atoms with Crippen LogP contribution in [0.3, 0.4) is 0 Å². The lowest BCUT2D eigenvalue weighted by atomic mass is 9.82. The number of hydrogen-bond donors (Lipinski definition) is 0. The normalized spacial score (nSPS) is 12.4. The third kappa shape index (κ3) is 4.38. The average Bonchev–Trinajstić information content (AvgIpc) is 3.85. The van der Waals surface area contributed by atoms with Gasteiger partial charge in [0.15, 0.2) is 0 Å². The van der Waals surface area contributed by atoms with Crippen molar-refractivity contribution >= 4 is 53.9 Å². The molecule has 2 aliphatic carbocycles. The van der Waals surface area contributed by atoms with Crippen LogP contribution in [0, 0.1) is 11.6 Å². The van der Waals surface area contributed by atoms with E-state index in [-0.39, 0.29) is 11.6 Å². The summed E-state index contributed by atoms with van der Waals surface area (Å²) in [5.41, 5.74) is 18.7. The van der Waals surface area contributed by atoms with Gasteiger partial charge in [0.25, 0.3) is 0 Å². The van der Waals surface area contributed by atoms with Crippen molar-refractivity contribution in [1.29, 1.82) is 0 Å². The fourth-order valence-electron chi connectivity index (χ4n) is 11.4. The molecular weight excluding hydrogens is 759 g/mol. The van der Waals surface area contributed by atoms with E-state index in [1.165, 1.54) is 115 Å². The van der Waals surface area contributed by atoms with Crippen molar-refractivity contribution in [2.24, 2.45) is 0 Å². The molecule has 0 nitrogen and oxygen atoms in total. The van der Waals surface area contributed by atoms with Crippen molar-refractivity contribution in [1.82, 2.24) is 0 Å². The van der Waals surface area contributed by atoms with Crippen LogP contribution in [0.4, 0.5) is 8.78 Å². The van der Waals surface area contributed by atoms with Crippen LogP contribution in [0.25, 0.3) is 143 Å². The molecule has 0 N–H and O–H groups in total. The maximum absolute atomic E-state index is 14.6. The molecule has 0 amide bonds. The first-order valence-electron chi connectivity index (χ1n) is 21.2. The minimum absolute atomic E-state index is 0.240. The molecule has 0 fully saturated rings. The first-order valence-corrected chi connectivity index (χ1v) is 21.2. The summed E-state index contributed by atoms with van der Waals surface area (Å²) in [6, 6.07) is 67.3. The summed E-state index contributed by atoms with van der Waals surface area (Å²) in [6.45, 7) is 0. The quantitative estimate of drug-likeness (QED) is 0.123. The number of benzene rings is 12. The number of halogens is 2. The van der Waals surface area contributed by atoms with Gasteiger partial charge in [-0.15, -0.1) is 0 Å². The topological polar surface area (TPSA) is 0 Å². The van der Waals surface area contributed by atoms with Gasteiger partial charge in [0.2, 0.25) is 0 Å². The van der Waals surface area contributed by atoms with Gasteiger partial charge in [0.1, 0.15) is 11.6 Å². The Kier molecular flexibility index (Phi) is 6.72. The Morgan fingerprint density at radius 2 is 0.516 bits per heavy atom. The Labute approximate surface area is 355 Å². The Balaban J connectivity index is 1.10. The Hall–Kier alpha value is -7.94. The predicted molar refractivity (Wildman–Crippen MR) is 256 cm³/mol. The summed E-state index contributed by atoms with van der Waals surface area (Å²) < 4.78 is 28.9. The molecule has 0 bridgehead atoms. The van der Waals surface area contributed by atoms with Gasteiger partial charge in [-0.2, -0.15) is 0 Å². The van der Waals surface area contributed by atoms with E-state index in [0.29, 0.717) is 0 Å². The monoisotopic (exact) mass is 790 g/mol. The van der Waals surface area contributed by atoms with E-state index >= 15 is 0 Å². The van der Waals surface area contributed by atoms with Crippen molar-refractivity contribution in [2.75, 3.05) is 0 Å². The molecule has 12 aromatic rings. The largest absolute Gasteiger partial charge is 0.207 e. The number of rotatable bonds is 4. The highest BCUT2D eigenvalue weighted by molar-refractivity contribution is 6.41. The van der Waals surface area contributed by atoms with Crippen molar-refractivity contribution in [3.8, 4) is 89.0 Å². The summed E-state index contributed by atoms with van der Waals surface area (Å²) >= 11 is 0. The summed E-state index contributed by atoms with van der Waals surface area (Å²) in [7, 11) is 0. The van der Waals surface area contributed by atoms with Gasteiger partial charge in [0, 0.05) is 0 Å². The van der Waals surface area contributed by atoms with E-state index in [1.807, 2.05) is 24.3 Å². The van der Waals surface area contributed by atoms with E-state index < -0.39 is 0 Å². The highest BCUT2D eigenvalue weighted by atomic mass is 19.1. The molecule has 0 spiro atoms. The zero-order valence-corrected chi connectivity index (χ0v) is 33.2. The van der Waals surface area contributed by atoms with Crippen molar-refractivity contribution in [3.05, 3.63) is 206 Å². The summed E-state index contributed by atoms with van der Waals surface area (Å²) in [6.07, 6.45) is 0. The second-order valence-electron chi connectivity index (χ2n) is 16.8. The smallest absolute Gasteiger partial charge is 0.123 e. The zero-order chi connectivity index (χ0) is 40.8. The van der Waals surface area contributed by atoms with Gasteiger partial charge in [-0.25, -0.2) is 8.78 Å². The second kappa shape index (κ2) is 12.3. The SMILES string of the molecule is Fc1ccc(-c2ccc(-c3ccccc3)c3c2-c2ccc4c5ccc6c7c(ccc(c8ccc-3c2c48)c75)-c2c-6c(-c3ccccc3)c3ccccc3c2-c2ccc(F)cc2)cc1. The van der Waals surface area contributed by atoms with Crippen molar-refractivity contribution in [2.45, 2.75) is 0 Å². The Morgan fingerprint density at radius 1 is 0.194 bits per heavy atom. The third-order valence-electron chi connectivity index (χ3n) is 13.8. The average molecular weight is 791 g/mol. The molecule has 286 valence electrons. The molecule has 2 aliphatic rings. The van der Waals surface area contributed by atoms with Crippen molar-refractivity contribution in [3.63, 3.8) is 0 Å². The highest BCUT2D eigenvalue weighted by Gasteiger charge is 2.34. The standard InChI is InChI=1S/C60H32F2/c61-37-19-15-34(16-20-37)40-24-23-39(33-9-3-1-4-10-33)53-47-29-25-43-46-28-32-50-58-49(31-27-45(56(46)58)44-26-30-48(54(40)53)57(47)55(43)44)59-51(35-11-5-2-6-12-35)41-13-7-8-14-42(41)52(60(50)59)36-17-21-38(62)22-18-36/h1-32H. The van der Waals surface area contributed by atoms with Crippen LogP contribution in [-0.4, -0.2) is 0 Å². The first-order chi connectivity index (χ1) is 30.6. The minimum atomic E-state index is -0.244. The van der Waals surface area contributed by atoms with Crippen LogP contribution in [0.2, 0.25) is 0 Å². The molecule has 0 saturated heterocycles. The molecule has 0 heterocycles. The lowest BCUT2D eigenvalue weighted by molar-refractivity contribution is 0.627. The summed E-state index contributed by atoms with van der Waals surface area (Å²) in [5, 5.41) is 12.3. The molecule has 62 heavy (non-hydrogen) atoms. The van der Waals surface area contributed by atoms with E-state index in [2.05, 4.69) is 146 Å². The van der Waals surface area contributed by atoms with E-state index in [4.69, 9.17) is 0 Å². The van der Waals surface area contributed by atoms with Crippen molar-refractivity contribution < 1.29 is 8.78 Å². The van der Waals surface area contributed by atoms with Crippen LogP contribution in [-0.2, 0) is 0 Å². The van der Waals surface area contributed by atoms with Crippen LogP contribution < -0.4 is 0 Å². The minimum Gasteiger partial charge on any atom is -0.207 e. The fraction of sp³-hybridized carbons (Fsp3) is 0. The van der Waals surface area contributed by atoms with Gasteiger partial charge in [-0.05, 0) is 167 Å². The van der Waals surface area contributed by atoms with Gasteiger partial charge >= 0.3 is 0 Å². The van der Waals surface area contributed by atoms with Crippen LogP contribution >= 0.6 is 0 Å². The third-order valence-corrected chi connectivity index (χ3v) is 13.8. The van der Waals surface area contributed by atoms with Gasteiger partial charge in [-0.1, -0.05) is 170 Å². The van der Waals surface area contributed by atoms with E-state index in [9.17, 15) is 8.78 Å². The molecule has 0 saturated carbocycles. The molecule has 14 rings (SSSR count). The van der Waals surface area contributed by atoms with Gasteiger partial charge < -0.3 is 0 Å². The number of hydrogen-bond acceptors (Lipinski definition) is 0. The molecule has 12 aromatic carbocycles. The highest BCUT2D eigenvalue weighted by Crippen LogP contribution is 2.61. The zero-order valence-electron chi connectivity index (χ0n) is 33.2. The van der Waals surface area contributed by atoms with Gasteiger partial charge in [-0.3, -0.25) is 0 Å². The maximum atomic E-state index is 14.6. The molecular formula is C60H32F2. The molecule has 0 aromatic heterocycles. The van der Waals surface area contributed by atoms with E-state index in [0.717, 1.165) is 27.6 Å². The maximum Gasteiger partial charge on any atom is 0.123 e. The molecule has 0 radical (unpaired) electrons. The summed E-state index contributed by atoms with van der Waals surface area (Å²) in [5.74, 6) is -0.484. The molecule has 0 aliphatic heterocycles. The van der Waals surface area contributed by atoms with Crippen LogP contribution in [0.15, 0.2) is 194 Å². The van der Waals surface area contributed by atoms with Crippen LogP contribution in [0.1, 0.15) is 0 Å². The van der Waals surface area contributed by atoms with E-state index in [1.54, 1.807) is 24.3 Å². The molecule has 0 atom stereocenters. The Morgan fingerprint density at radius 3 is 0.952 bits per heavy atom. The second-order valence-corrected chi connectivity index (χ2v) is 16.8. The molecule has 0 unspecified atom stereocenters. The predicted octanol–water partition coefficient (Wildman–Crippen LogP) is 17.1. The first kappa shape index (κ1) is 33.8. The number of fused-ring (bicyclic) bond motifs is 9. The van der Waals surface area contributed by atoms with Crippen LogP contribution in [0.5, 0.6) is 0 Å². The fourth-order valence-corrected chi connectivity index (χ4v) is 11.4. The molecule has 2 heteroatoms.